The Kier molecular flexibility index (Phi) is 3.87. The Hall–Kier alpha value is -1.80. The van der Waals surface area contributed by atoms with Crippen molar-refractivity contribution in [1.82, 2.24) is 14.8 Å². The molecule has 2 aromatic heterocycles. The number of aryl methyl sites for hydroxylation is 2. The number of aromatic nitrogens is 3. The van der Waals surface area contributed by atoms with E-state index < -0.39 is 10.0 Å². The molecule has 0 unspecified atom stereocenters. The Morgan fingerprint density at radius 2 is 2.20 bits per heavy atom. The first-order chi connectivity index (χ1) is 9.33. The molecule has 0 aliphatic heterocycles. The first-order valence-corrected chi connectivity index (χ1v) is 7.66. The summed E-state index contributed by atoms with van der Waals surface area (Å²) in [6, 6.07) is 1.26. The quantitative estimate of drug-likeness (QED) is 0.888. The molecule has 0 radical (unpaired) electrons. The maximum Gasteiger partial charge on any atom is 0.263 e. The molecule has 3 N–H and O–H groups in total. The van der Waals surface area contributed by atoms with E-state index in [4.69, 9.17) is 17.3 Å². The van der Waals surface area contributed by atoms with Gasteiger partial charge >= 0.3 is 0 Å². The van der Waals surface area contributed by atoms with E-state index in [0.717, 1.165) is 6.20 Å². The van der Waals surface area contributed by atoms with Gasteiger partial charge in [-0.2, -0.15) is 5.10 Å². The van der Waals surface area contributed by atoms with Crippen molar-refractivity contribution >= 4 is 33.1 Å². The number of pyridine rings is 1. The van der Waals surface area contributed by atoms with Gasteiger partial charge in [-0.15, -0.1) is 0 Å². The highest BCUT2D eigenvalue weighted by Gasteiger charge is 2.19. The molecule has 0 bridgehead atoms. The molecule has 9 heteroatoms. The minimum Gasteiger partial charge on any atom is -0.382 e. The minimum atomic E-state index is -3.78. The number of hydrogen-bond donors (Lipinski definition) is 2. The van der Waals surface area contributed by atoms with Gasteiger partial charge in [0.1, 0.15) is 10.7 Å². The van der Waals surface area contributed by atoms with Gasteiger partial charge in [0.2, 0.25) is 0 Å². The van der Waals surface area contributed by atoms with Gasteiger partial charge in [0.15, 0.2) is 0 Å². The van der Waals surface area contributed by atoms with E-state index in [0.29, 0.717) is 17.8 Å². The van der Waals surface area contributed by atoms with Gasteiger partial charge in [-0.3, -0.25) is 9.40 Å². The second-order valence-corrected chi connectivity index (χ2v) is 6.25. The van der Waals surface area contributed by atoms with E-state index in [2.05, 4.69) is 14.8 Å². The molecule has 0 saturated heterocycles. The number of nitrogen functional groups attached to an aromatic ring is 1. The van der Waals surface area contributed by atoms with Crippen LogP contribution in [0.15, 0.2) is 23.4 Å². The molecule has 0 spiro atoms. The van der Waals surface area contributed by atoms with Gasteiger partial charge in [0.25, 0.3) is 10.0 Å². The number of halogens is 1. The molecule has 2 heterocycles. The fourth-order valence-corrected chi connectivity index (χ4v) is 2.94. The SMILES string of the molecule is CCc1nn(C)cc1NS(=O)(=O)c1cnc(N)c(Cl)c1. The predicted octanol–water partition coefficient (Wildman–Crippen LogP) is 1.41. The number of nitrogens with two attached hydrogens (primary N) is 1. The monoisotopic (exact) mass is 315 g/mol. The molecule has 20 heavy (non-hydrogen) atoms. The minimum absolute atomic E-state index is 0.0531. The molecule has 0 aromatic carbocycles. The van der Waals surface area contributed by atoms with E-state index in [9.17, 15) is 8.42 Å². The summed E-state index contributed by atoms with van der Waals surface area (Å²) in [5.41, 5.74) is 6.55. The van der Waals surface area contributed by atoms with Gasteiger partial charge < -0.3 is 5.73 Å². The average molecular weight is 316 g/mol. The van der Waals surface area contributed by atoms with Crippen LogP contribution in [0.2, 0.25) is 5.02 Å². The molecule has 2 aromatic rings. The molecule has 2 rings (SSSR count). The first kappa shape index (κ1) is 14.6. The third-order valence-corrected chi connectivity index (χ3v) is 4.27. The van der Waals surface area contributed by atoms with Crippen LogP contribution in [-0.2, 0) is 23.5 Å². The predicted molar refractivity (Wildman–Crippen MR) is 77.1 cm³/mol. The van der Waals surface area contributed by atoms with E-state index in [-0.39, 0.29) is 15.7 Å². The van der Waals surface area contributed by atoms with Crippen LogP contribution in [0.3, 0.4) is 0 Å². The maximum atomic E-state index is 12.3. The lowest BCUT2D eigenvalue weighted by atomic mass is 10.3. The first-order valence-electron chi connectivity index (χ1n) is 5.80. The van der Waals surface area contributed by atoms with Crippen molar-refractivity contribution in [3.8, 4) is 0 Å². The van der Waals surface area contributed by atoms with Gasteiger partial charge in [0, 0.05) is 19.4 Å². The highest BCUT2D eigenvalue weighted by molar-refractivity contribution is 7.92. The number of sulfonamides is 1. The zero-order valence-electron chi connectivity index (χ0n) is 11.0. The molecular weight excluding hydrogens is 302 g/mol. The van der Waals surface area contributed by atoms with Crippen LogP contribution in [0.25, 0.3) is 0 Å². The zero-order chi connectivity index (χ0) is 14.9. The third kappa shape index (κ3) is 2.86. The Bertz CT molecular complexity index is 741. The highest BCUT2D eigenvalue weighted by atomic mass is 35.5. The van der Waals surface area contributed by atoms with Crippen LogP contribution in [0.1, 0.15) is 12.6 Å². The van der Waals surface area contributed by atoms with E-state index in [1.165, 1.54) is 6.07 Å². The summed E-state index contributed by atoms with van der Waals surface area (Å²) >= 11 is 5.79. The fourth-order valence-electron chi connectivity index (χ4n) is 1.66. The largest absolute Gasteiger partial charge is 0.382 e. The van der Waals surface area contributed by atoms with Crippen LogP contribution in [0, 0.1) is 0 Å². The molecule has 108 valence electrons. The number of anilines is 2. The van der Waals surface area contributed by atoms with Crippen LogP contribution in [-0.4, -0.2) is 23.2 Å². The van der Waals surface area contributed by atoms with Gasteiger partial charge in [-0.1, -0.05) is 18.5 Å². The lowest BCUT2D eigenvalue weighted by molar-refractivity contribution is 0.601. The van der Waals surface area contributed by atoms with Crippen molar-refractivity contribution in [2.24, 2.45) is 7.05 Å². The topological polar surface area (TPSA) is 103 Å². The normalized spacial score (nSPS) is 11.6. The van der Waals surface area contributed by atoms with Crippen molar-refractivity contribution in [3.05, 3.63) is 29.2 Å². The van der Waals surface area contributed by atoms with Crippen LogP contribution >= 0.6 is 11.6 Å². The van der Waals surface area contributed by atoms with E-state index in [1.54, 1.807) is 17.9 Å². The highest BCUT2D eigenvalue weighted by Crippen LogP contribution is 2.23. The number of rotatable bonds is 4. The number of hydrogen-bond acceptors (Lipinski definition) is 5. The number of nitrogens with zero attached hydrogens (tertiary/aromatic N) is 3. The second-order valence-electron chi connectivity index (χ2n) is 4.16. The third-order valence-electron chi connectivity index (χ3n) is 2.64. The van der Waals surface area contributed by atoms with Gasteiger partial charge in [-0.25, -0.2) is 13.4 Å². The van der Waals surface area contributed by atoms with Crippen LogP contribution in [0.5, 0.6) is 0 Å². The Balaban J connectivity index is 2.37. The lowest BCUT2D eigenvalue weighted by Crippen LogP contribution is -2.14. The Morgan fingerprint density at radius 1 is 1.50 bits per heavy atom. The summed E-state index contributed by atoms with van der Waals surface area (Å²) in [6.45, 7) is 1.89. The maximum absolute atomic E-state index is 12.3. The molecular formula is C11H14ClN5O2S. The molecule has 7 nitrogen and oxygen atoms in total. The summed E-state index contributed by atoms with van der Waals surface area (Å²) in [5, 5.41) is 4.26. The molecule has 0 saturated carbocycles. The van der Waals surface area contributed by atoms with Crippen molar-refractivity contribution in [1.29, 1.82) is 0 Å². The number of nitrogens with one attached hydrogen (secondary N) is 1. The van der Waals surface area contributed by atoms with Gasteiger partial charge in [0.05, 0.1) is 16.4 Å². The van der Waals surface area contributed by atoms with Crippen LogP contribution < -0.4 is 10.5 Å². The van der Waals surface area contributed by atoms with Crippen molar-refractivity contribution < 1.29 is 8.42 Å². The summed E-state index contributed by atoms with van der Waals surface area (Å²) in [5.74, 6) is 0.0845. The second kappa shape index (κ2) is 5.29. The molecule has 0 atom stereocenters. The standard InChI is InChI=1S/C11H14ClN5O2S/c1-3-9-10(6-17(2)15-9)16-20(18,19)7-4-8(12)11(13)14-5-7/h4-6,16H,3H2,1-2H3,(H2,13,14). The molecule has 0 aliphatic rings. The van der Waals surface area contributed by atoms with Crippen molar-refractivity contribution in [2.45, 2.75) is 18.2 Å². The molecule has 0 amide bonds. The van der Waals surface area contributed by atoms with Crippen molar-refractivity contribution in [3.63, 3.8) is 0 Å². The fraction of sp³-hybridized carbons (Fsp3) is 0.273. The average Bonchev–Trinajstić information content (AvgIpc) is 2.72. The summed E-state index contributed by atoms with van der Waals surface area (Å²) in [4.78, 5) is 3.69. The summed E-state index contributed by atoms with van der Waals surface area (Å²) in [7, 11) is -2.06. The van der Waals surface area contributed by atoms with Crippen molar-refractivity contribution in [2.75, 3.05) is 10.5 Å². The summed E-state index contributed by atoms with van der Waals surface area (Å²) in [6.07, 6.45) is 3.37. The van der Waals surface area contributed by atoms with E-state index in [1.807, 2.05) is 6.92 Å². The van der Waals surface area contributed by atoms with Gasteiger partial charge in [-0.05, 0) is 12.5 Å². The van der Waals surface area contributed by atoms with Crippen LogP contribution in [0.4, 0.5) is 11.5 Å². The zero-order valence-corrected chi connectivity index (χ0v) is 12.5. The van der Waals surface area contributed by atoms with E-state index >= 15 is 0 Å². The lowest BCUT2D eigenvalue weighted by Gasteiger charge is -2.08. The Morgan fingerprint density at radius 3 is 2.80 bits per heavy atom. The smallest absolute Gasteiger partial charge is 0.263 e. The summed E-state index contributed by atoms with van der Waals surface area (Å²) < 4.78 is 28.5. The molecule has 0 aliphatic carbocycles. The molecule has 0 fully saturated rings. The Labute approximate surface area is 121 Å².